The Bertz CT molecular complexity index is 665. The Morgan fingerprint density at radius 3 is 2.77 bits per heavy atom. The zero-order valence-corrected chi connectivity index (χ0v) is 13.9. The summed E-state index contributed by atoms with van der Waals surface area (Å²) in [7, 11) is 0. The number of aromatic nitrogens is 1. The topological polar surface area (TPSA) is 28.4 Å². The molecular formula is C18H23ClN2O. The van der Waals surface area contributed by atoms with Gasteiger partial charge in [-0.1, -0.05) is 24.8 Å². The molecule has 118 valence electrons. The molecule has 2 aliphatic rings. The van der Waals surface area contributed by atoms with Crippen LogP contribution in [0.4, 0.5) is 0 Å². The lowest BCUT2D eigenvalue weighted by atomic mass is 10.0. The second-order valence-electron chi connectivity index (χ2n) is 6.07. The molecule has 4 heteroatoms. The van der Waals surface area contributed by atoms with Crippen LogP contribution in [0.15, 0.2) is 35.5 Å². The van der Waals surface area contributed by atoms with Crippen LogP contribution in [0.3, 0.4) is 0 Å². The number of hydrogen-bond donors (Lipinski definition) is 1. The van der Waals surface area contributed by atoms with Gasteiger partial charge in [-0.3, -0.25) is 0 Å². The standard InChI is InChI=1S/C18H23ClN2O/c1-12(19)17(11-22)14(3)20-9-7-18-16(13(20)2)10-15-6-4-5-8-21(15)18/h10,22H,2-9,11H2,1H3. The number of hydrogen-bond acceptors (Lipinski definition) is 2. The largest absolute Gasteiger partial charge is 0.392 e. The highest BCUT2D eigenvalue weighted by atomic mass is 35.5. The van der Waals surface area contributed by atoms with E-state index in [2.05, 4.69) is 28.7 Å². The summed E-state index contributed by atoms with van der Waals surface area (Å²) in [5, 5.41) is 10.1. The molecule has 0 bridgehead atoms. The first-order valence-corrected chi connectivity index (χ1v) is 8.26. The zero-order chi connectivity index (χ0) is 15.9. The van der Waals surface area contributed by atoms with E-state index in [4.69, 9.17) is 11.6 Å². The summed E-state index contributed by atoms with van der Waals surface area (Å²) < 4.78 is 2.47. The lowest BCUT2D eigenvalue weighted by molar-refractivity contribution is 0.324. The van der Waals surface area contributed by atoms with E-state index in [0.717, 1.165) is 37.3 Å². The zero-order valence-electron chi connectivity index (χ0n) is 13.2. The number of halogens is 1. The third kappa shape index (κ3) is 2.42. The van der Waals surface area contributed by atoms with E-state index in [-0.39, 0.29) is 6.61 Å². The Balaban J connectivity index is 1.94. The fourth-order valence-corrected chi connectivity index (χ4v) is 3.75. The SMILES string of the molecule is C=C(C(CO)=C(C)Cl)N1CCc2c(cc3n2CCCC3)C1=C. The normalized spacial score (nSPS) is 18.7. The molecule has 3 rings (SSSR count). The van der Waals surface area contributed by atoms with E-state index in [1.165, 1.54) is 29.8 Å². The molecule has 22 heavy (non-hydrogen) atoms. The minimum Gasteiger partial charge on any atom is -0.392 e. The van der Waals surface area contributed by atoms with Gasteiger partial charge in [-0.15, -0.1) is 0 Å². The summed E-state index contributed by atoms with van der Waals surface area (Å²) in [6, 6.07) is 2.28. The first-order chi connectivity index (χ1) is 10.5. The van der Waals surface area contributed by atoms with Crippen molar-refractivity contribution in [2.24, 2.45) is 0 Å². The summed E-state index contributed by atoms with van der Waals surface area (Å²) in [5.74, 6) is 0. The molecule has 1 aromatic heterocycles. The van der Waals surface area contributed by atoms with Gasteiger partial charge >= 0.3 is 0 Å². The van der Waals surface area contributed by atoms with Crippen LogP contribution in [0.1, 0.15) is 36.7 Å². The predicted molar refractivity (Wildman–Crippen MR) is 91.6 cm³/mol. The summed E-state index contributed by atoms with van der Waals surface area (Å²) in [4.78, 5) is 2.09. The number of allylic oxidation sites excluding steroid dienone is 1. The van der Waals surface area contributed by atoms with Crippen molar-refractivity contribution in [3.8, 4) is 0 Å². The highest BCUT2D eigenvalue weighted by molar-refractivity contribution is 6.29. The molecular weight excluding hydrogens is 296 g/mol. The third-order valence-electron chi connectivity index (χ3n) is 4.82. The van der Waals surface area contributed by atoms with Crippen molar-refractivity contribution in [3.05, 3.63) is 52.5 Å². The maximum absolute atomic E-state index is 9.55. The number of rotatable bonds is 3. The molecule has 3 nitrogen and oxygen atoms in total. The molecule has 0 amide bonds. The Morgan fingerprint density at radius 1 is 1.32 bits per heavy atom. The number of nitrogens with zero attached hydrogens (tertiary/aromatic N) is 2. The molecule has 0 saturated heterocycles. The molecule has 1 N–H and O–H groups in total. The Hall–Kier alpha value is -1.45. The van der Waals surface area contributed by atoms with Crippen LogP contribution < -0.4 is 0 Å². The average Bonchev–Trinajstić information content (AvgIpc) is 2.87. The minimum atomic E-state index is -0.100. The van der Waals surface area contributed by atoms with Crippen LogP contribution in [0.2, 0.25) is 0 Å². The fourth-order valence-electron chi connectivity index (χ4n) is 3.59. The van der Waals surface area contributed by atoms with Crippen molar-refractivity contribution < 1.29 is 5.11 Å². The van der Waals surface area contributed by atoms with E-state index in [0.29, 0.717) is 10.6 Å². The predicted octanol–water partition coefficient (Wildman–Crippen LogP) is 3.67. The van der Waals surface area contributed by atoms with Gasteiger partial charge < -0.3 is 14.6 Å². The average molecular weight is 319 g/mol. The smallest absolute Gasteiger partial charge is 0.0713 e. The van der Waals surface area contributed by atoms with Crippen molar-refractivity contribution in [2.75, 3.05) is 13.2 Å². The van der Waals surface area contributed by atoms with E-state index < -0.39 is 0 Å². The van der Waals surface area contributed by atoms with Gasteiger partial charge in [0.2, 0.25) is 0 Å². The highest BCUT2D eigenvalue weighted by Gasteiger charge is 2.28. The Morgan fingerprint density at radius 2 is 2.09 bits per heavy atom. The third-order valence-corrected chi connectivity index (χ3v) is 5.04. The second kappa shape index (κ2) is 5.98. The Kier molecular flexibility index (Phi) is 4.20. The molecule has 0 saturated carbocycles. The second-order valence-corrected chi connectivity index (χ2v) is 6.64. The maximum atomic E-state index is 9.55. The van der Waals surface area contributed by atoms with Crippen LogP contribution in [-0.2, 0) is 19.4 Å². The molecule has 0 atom stereocenters. The van der Waals surface area contributed by atoms with Gasteiger partial charge in [0.25, 0.3) is 0 Å². The van der Waals surface area contributed by atoms with Gasteiger partial charge in [0.1, 0.15) is 0 Å². The quantitative estimate of drug-likeness (QED) is 0.861. The molecule has 0 aliphatic carbocycles. The van der Waals surface area contributed by atoms with Crippen LogP contribution in [-0.4, -0.2) is 27.7 Å². The monoisotopic (exact) mass is 318 g/mol. The van der Waals surface area contributed by atoms with E-state index in [1.807, 2.05) is 0 Å². The van der Waals surface area contributed by atoms with Gasteiger partial charge in [-0.05, 0) is 32.3 Å². The molecule has 3 heterocycles. The molecule has 0 aromatic carbocycles. The first-order valence-electron chi connectivity index (χ1n) is 7.88. The lowest BCUT2D eigenvalue weighted by Gasteiger charge is -2.34. The lowest BCUT2D eigenvalue weighted by Crippen LogP contribution is -2.30. The van der Waals surface area contributed by atoms with E-state index in [9.17, 15) is 5.11 Å². The van der Waals surface area contributed by atoms with Crippen molar-refractivity contribution in [1.82, 2.24) is 9.47 Å². The van der Waals surface area contributed by atoms with Gasteiger partial charge in [-0.25, -0.2) is 0 Å². The molecule has 0 radical (unpaired) electrons. The highest BCUT2D eigenvalue weighted by Crippen LogP contribution is 2.36. The molecule has 1 aromatic rings. The molecule has 0 fully saturated rings. The molecule has 2 aliphatic heterocycles. The number of aliphatic hydroxyl groups is 1. The van der Waals surface area contributed by atoms with Gasteiger partial charge in [0.15, 0.2) is 0 Å². The molecule has 0 spiro atoms. The summed E-state index contributed by atoms with van der Waals surface area (Å²) in [6.07, 6.45) is 4.67. The van der Waals surface area contributed by atoms with Crippen LogP contribution in [0.5, 0.6) is 0 Å². The number of aliphatic hydroxyl groups excluding tert-OH is 1. The van der Waals surface area contributed by atoms with Gasteiger partial charge in [0, 0.05) is 58.5 Å². The van der Waals surface area contributed by atoms with E-state index >= 15 is 0 Å². The van der Waals surface area contributed by atoms with Crippen LogP contribution in [0, 0.1) is 0 Å². The van der Waals surface area contributed by atoms with E-state index in [1.54, 1.807) is 6.92 Å². The van der Waals surface area contributed by atoms with Crippen molar-refractivity contribution in [2.45, 2.75) is 39.2 Å². The number of fused-ring (bicyclic) bond motifs is 3. The first kappa shape index (κ1) is 15.4. The summed E-state index contributed by atoms with van der Waals surface area (Å²) in [5.41, 5.74) is 6.48. The van der Waals surface area contributed by atoms with Crippen molar-refractivity contribution >= 4 is 17.3 Å². The van der Waals surface area contributed by atoms with Gasteiger partial charge in [-0.2, -0.15) is 0 Å². The fraction of sp³-hybridized carbons (Fsp3) is 0.444. The maximum Gasteiger partial charge on any atom is 0.0713 e. The van der Waals surface area contributed by atoms with Crippen LogP contribution >= 0.6 is 11.6 Å². The van der Waals surface area contributed by atoms with Crippen molar-refractivity contribution in [3.63, 3.8) is 0 Å². The Labute approximate surface area is 137 Å². The van der Waals surface area contributed by atoms with Gasteiger partial charge in [0.05, 0.1) is 6.61 Å². The minimum absolute atomic E-state index is 0.100. The summed E-state index contributed by atoms with van der Waals surface area (Å²) >= 11 is 6.09. The van der Waals surface area contributed by atoms with Crippen molar-refractivity contribution in [1.29, 1.82) is 0 Å². The number of aryl methyl sites for hydroxylation is 1. The summed E-state index contributed by atoms with van der Waals surface area (Å²) in [6.45, 7) is 12.1. The molecule has 0 unspecified atom stereocenters. The van der Waals surface area contributed by atoms with Crippen LogP contribution in [0.25, 0.3) is 5.70 Å².